The zero-order chi connectivity index (χ0) is 11.9. The third-order valence-electron chi connectivity index (χ3n) is 1.99. The standard InChI is InChI=1S/C9H20ClNO3S/c1-8(2)15(12,13)5-4-11-6-9(10)7-14-3/h8-9,11H,4-7H2,1-3H3. The molecule has 0 saturated heterocycles. The van der Waals surface area contributed by atoms with E-state index in [0.29, 0.717) is 19.7 Å². The van der Waals surface area contributed by atoms with E-state index in [1.807, 2.05) is 0 Å². The van der Waals surface area contributed by atoms with Crippen LogP contribution in [0.25, 0.3) is 0 Å². The molecule has 4 nitrogen and oxygen atoms in total. The van der Waals surface area contributed by atoms with E-state index in [4.69, 9.17) is 16.3 Å². The highest BCUT2D eigenvalue weighted by molar-refractivity contribution is 7.92. The Labute approximate surface area is 97.3 Å². The van der Waals surface area contributed by atoms with Gasteiger partial charge in [0.15, 0.2) is 9.84 Å². The van der Waals surface area contributed by atoms with Gasteiger partial charge in [0.05, 0.1) is 23.0 Å². The summed E-state index contributed by atoms with van der Waals surface area (Å²) in [5.41, 5.74) is 0. The normalized spacial score (nSPS) is 14.5. The van der Waals surface area contributed by atoms with Crippen molar-refractivity contribution in [2.75, 3.05) is 32.6 Å². The van der Waals surface area contributed by atoms with E-state index in [0.717, 1.165) is 0 Å². The molecule has 0 aromatic heterocycles. The zero-order valence-electron chi connectivity index (χ0n) is 9.49. The summed E-state index contributed by atoms with van der Waals surface area (Å²) in [6.07, 6.45) is 0. The van der Waals surface area contributed by atoms with E-state index < -0.39 is 9.84 Å². The number of sulfone groups is 1. The SMILES string of the molecule is COCC(Cl)CNCCS(=O)(=O)C(C)C. The highest BCUT2D eigenvalue weighted by Crippen LogP contribution is 1.99. The summed E-state index contributed by atoms with van der Waals surface area (Å²) >= 11 is 5.86. The molecule has 0 aliphatic heterocycles. The zero-order valence-corrected chi connectivity index (χ0v) is 11.1. The van der Waals surface area contributed by atoms with E-state index in [9.17, 15) is 8.42 Å². The van der Waals surface area contributed by atoms with Gasteiger partial charge < -0.3 is 10.1 Å². The number of rotatable bonds is 8. The van der Waals surface area contributed by atoms with Crippen molar-refractivity contribution in [3.05, 3.63) is 0 Å². The van der Waals surface area contributed by atoms with Gasteiger partial charge in [-0.15, -0.1) is 11.6 Å². The van der Waals surface area contributed by atoms with Crippen LogP contribution in [0.2, 0.25) is 0 Å². The Balaban J connectivity index is 3.63. The van der Waals surface area contributed by atoms with Crippen LogP contribution in [-0.4, -0.2) is 51.6 Å². The third-order valence-corrected chi connectivity index (χ3v) is 4.48. The molecule has 0 heterocycles. The first-order valence-electron chi connectivity index (χ1n) is 4.95. The Kier molecular flexibility index (Phi) is 7.52. The summed E-state index contributed by atoms with van der Waals surface area (Å²) in [4.78, 5) is 0. The Morgan fingerprint density at radius 3 is 2.47 bits per heavy atom. The van der Waals surface area contributed by atoms with Crippen molar-refractivity contribution in [2.24, 2.45) is 0 Å². The van der Waals surface area contributed by atoms with Crippen molar-refractivity contribution < 1.29 is 13.2 Å². The smallest absolute Gasteiger partial charge is 0.153 e. The second kappa shape index (κ2) is 7.44. The lowest BCUT2D eigenvalue weighted by atomic mass is 10.4. The number of ether oxygens (including phenoxy) is 1. The Morgan fingerprint density at radius 2 is 2.00 bits per heavy atom. The van der Waals surface area contributed by atoms with E-state index >= 15 is 0 Å². The number of hydrogen-bond acceptors (Lipinski definition) is 4. The molecule has 1 unspecified atom stereocenters. The van der Waals surface area contributed by atoms with Gasteiger partial charge in [0.25, 0.3) is 0 Å². The average Bonchev–Trinajstić information content (AvgIpc) is 2.13. The van der Waals surface area contributed by atoms with Crippen LogP contribution >= 0.6 is 11.6 Å². The van der Waals surface area contributed by atoms with Gasteiger partial charge in [-0.05, 0) is 13.8 Å². The van der Waals surface area contributed by atoms with Gasteiger partial charge >= 0.3 is 0 Å². The summed E-state index contributed by atoms with van der Waals surface area (Å²) in [6, 6.07) is 0. The van der Waals surface area contributed by atoms with Crippen LogP contribution in [0, 0.1) is 0 Å². The lowest BCUT2D eigenvalue weighted by Gasteiger charge is -2.11. The quantitative estimate of drug-likeness (QED) is 0.513. The van der Waals surface area contributed by atoms with Gasteiger partial charge in [0.1, 0.15) is 0 Å². The van der Waals surface area contributed by atoms with Crippen molar-refractivity contribution in [3.8, 4) is 0 Å². The maximum absolute atomic E-state index is 11.4. The molecule has 0 radical (unpaired) electrons. The van der Waals surface area contributed by atoms with E-state index in [1.54, 1.807) is 21.0 Å². The molecule has 15 heavy (non-hydrogen) atoms. The number of methoxy groups -OCH3 is 1. The molecule has 0 saturated carbocycles. The average molecular weight is 258 g/mol. The number of halogens is 1. The molecular weight excluding hydrogens is 238 g/mol. The first-order valence-corrected chi connectivity index (χ1v) is 7.10. The minimum atomic E-state index is -2.95. The van der Waals surface area contributed by atoms with Crippen molar-refractivity contribution in [2.45, 2.75) is 24.5 Å². The van der Waals surface area contributed by atoms with E-state index in [1.165, 1.54) is 0 Å². The topological polar surface area (TPSA) is 55.4 Å². The van der Waals surface area contributed by atoms with Gasteiger partial charge in [-0.25, -0.2) is 8.42 Å². The van der Waals surface area contributed by atoms with Crippen molar-refractivity contribution in [1.29, 1.82) is 0 Å². The lowest BCUT2D eigenvalue weighted by molar-refractivity contribution is 0.197. The Morgan fingerprint density at radius 1 is 1.40 bits per heavy atom. The lowest BCUT2D eigenvalue weighted by Crippen LogP contribution is -2.32. The molecule has 6 heteroatoms. The van der Waals surface area contributed by atoms with Crippen LogP contribution in [-0.2, 0) is 14.6 Å². The number of alkyl halides is 1. The van der Waals surface area contributed by atoms with Gasteiger partial charge in [-0.1, -0.05) is 0 Å². The van der Waals surface area contributed by atoms with Gasteiger partial charge in [-0.3, -0.25) is 0 Å². The Hall–Kier alpha value is 0.160. The fourth-order valence-electron chi connectivity index (χ4n) is 0.949. The number of nitrogens with one attached hydrogen (secondary N) is 1. The molecule has 1 atom stereocenters. The molecule has 0 aromatic rings. The fraction of sp³-hybridized carbons (Fsp3) is 1.00. The van der Waals surface area contributed by atoms with E-state index in [-0.39, 0.29) is 16.4 Å². The minimum absolute atomic E-state index is 0.114. The summed E-state index contributed by atoms with van der Waals surface area (Å²) in [5, 5.41) is 2.56. The predicted octanol–water partition coefficient (Wildman–Crippen LogP) is 0.653. The molecule has 0 amide bonds. The highest BCUT2D eigenvalue weighted by Gasteiger charge is 2.15. The summed E-state index contributed by atoms with van der Waals surface area (Å²) in [6.45, 7) is 4.83. The monoisotopic (exact) mass is 257 g/mol. The first kappa shape index (κ1) is 15.2. The predicted molar refractivity (Wildman–Crippen MR) is 63.3 cm³/mol. The van der Waals surface area contributed by atoms with Crippen LogP contribution < -0.4 is 5.32 Å². The second-order valence-corrected chi connectivity index (χ2v) is 6.97. The van der Waals surface area contributed by atoms with Gasteiger partial charge in [0.2, 0.25) is 0 Å². The minimum Gasteiger partial charge on any atom is -0.383 e. The van der Waals surface area contributed by atoms with Gasteiger partial charge in [0, 0.05) is 20.2 Å². The van der Waals surface area contributed by atoms with Crippen LogP contribution in [0.5, 0.6) is 0 Å². The fourth-order valence-corrected chi connectivity index (χ4v) is 2.08. The van der Waals surface area contributed by atoms with Crippen LogP contribution in [0.3, 0.4) is 0 Å². The van der Waals surface area contributed by atoms with Crippen molar-refractivity contribution >= 4 is 21.4 Å². The largest absolute Gasteiger partial charge is 0.383 e. The molecule has 0 rings (SSSR count). The van der Waals surface area contributed by atoms with Crippen molar-refractivity contribution in [3.63, 3.8) is 0 Å². The summed E-state index contributed by atoms with van der Waals surface area (Å²) in [5.74, 6) is 0.154. The van der Waals surface area contributed by atoms with Crippen LogP contribution in [0.4, 0.5) is 0 Å². The third kappa shape index (κ3) is 7.11. The number of hydrogen-bond donors (Lipinski definition) is 1. The maximum Gasteiger partial charge on any atom is 0.153 e. The van der Waals surface area contributed by atoms with E-state index in [2.05, 4.69) is 5.32 Å². The molecule has 0 bridgehead atoms. The van der Waals surface area contributed by atoms with Crippen LogP contribution in [0.15, 0.2) is 0 Å². The molecule has 0 spiro atoms. The molecule has 92 valence electrons. The summed E-state index contributed by atoms with van der Waals surface area (Å²) in [7, 11) is -1.36. The maximum atomic E-state index is 11.4. The molecule has 0 fully saturated rings. The molecule has 0 aliphatic carbocycles. The van der Waals surface area contributed by atoms with Crippen LogP contribution in [0.1, 0.15) is 13.8 Å². The van der Waals surface area contributed by atoms with Crippen molar-refractivity contribution in [1.82, 2.24) is 5.32 Å². The Bertz CT molecular complexity index is 254. The first-order chi connectivity index (χ1) is 6.90. The highest BCUT2D eigenvalue weighted by atomic mass is 35.5. The van der Waals surface area contributed by atoms with Gasteiger partial charge in [-0.2, -0.15) is 0 Å². The summed E-state index contributed by atoms with van der Waals surface area (Å²) < 4.78 is 27.7. The molecule has 0 aliphatic rings. The second-order valence-electron chi connectivity index (χ2n) is 3.67. The molecule has 1 N–H and O–H groups in total. The molecule has 0 aromatic carbocycles. The molecular formula is C9H20ClNO3S.